The molecule has 0 fully saturated rings. The first-order valence-corrected chi connectivity index (χ1v) is 5.20. The number of hydrogen-bond acceptors (Lipinski definition) is 4. The quantitative estimate of drug-likeness (QED) is 0.780. The van der Waals surface area contributed by atoms with Crippen molar-refractivity contribution in [2.24, 2.45) is 7.05 Å². The Hall–Kier alpha value is -2.06. The van der Waals surface area contributed by atoms with E-state index in [-0.39, 0.29) is 6.04 Å². The Labute approximate surface area is 98.5 Å². The molecule has 2 aromatic rings. The number of nitrogens with zero attached hydrogens (tertiary/aromatic N) is 3. The summed E-state index contributed by atoms with van der Waals surface area (Å²) in [5.41, 5.74) is 2.09. The van der Waals surface area contributed by atoms with Gasteiger partial charge >= 0.3 is 5.76 Å². The highest BCUT2D eigenvalue weighted by atomic mass is 16.4. The molecule has 1 unspecified atom stereocenters. The van der Waals surface area contributed by atoms with Crippen LogP contribution in [-0.4, -0.2) is 23.6 Å². The van der Waals surface area contributed by atoms with Gasteiger partial charge in [-0.25, -0.2) is 4.79 Å². The highest BCUT2D eigenvalue weighted by Gasteiger charge is 2.15. The van der Waals surface area contributed by atoms with Crippen molar-refractivity contribution in [3.05, 3.63) is 34.3 Å². The molecule has 17 heavy (non-hydrogen) atoms. The molecular formula is C12H13N3O2. The minimum absolute atomic E-state index is 0.329. The van der Waals surface area contributed by atoms with Crippen molar-refractivity contribution >= 4 is 11.1 Å². The van der Waals surface area contributed by atoms with Crippen molar-refractivity contribution in [1.29, 1.82) is 5.26 Å². The Morgan fingerprint density at radius 1 is 1.47 bits per heavy atom. The van der Waals surface area contributed by atoms with Gasteiger partial charge in [0.15, 0.2) is 5.58 Å². The van der Waals surface area contributed by atoms with Gasteiger partial charge in [0, 0.05) is 7.05 Å². The fraction of sp³-hybridized carbons (Fsp3) is 0.333. The monoisotopic (exact) mass is 231 g/mol. The minimum Gasteiger partial charge on any atom is -0.408 e. The van der Waals surface area contributed by atoms with Gasteiger partial charge in [0.1, 0.15) is 6.04 Å². The van der Waals surface area contributed by atoms with Crippen LogP contribution in [0.3, 0.4) is 0 Å². The van der Waals surface area contributed by atoms with E-state index in [1.165, 1.54) is 4.57 Å². The lowest BCUT2D eigenvalue weighted by Crippen LogP contribution is -2.18. The lowest BCUT2D eigenvalue weighted by Gasteiger charge is -2.17. The summed E-state index contributed by atoms with van der Waals surface area (Å²) in [5.74, 6) is -0.393. The maximum atomic E-state index is 11.3. The molecule has 0 aliphatic rings. The van der Waals surface area contributed by atoms with Crippen LogP contribution in [0.1, 0.15) is 11.6 Å². The Bertz CT molecular complexity index is 646. The first kappa shape index (κ1) is 11.4. The second-order valence-corrected chi connectivity index (χ2v) is 4.15. The number of aromatic nitrogens is 1. The molecule has 0 aliphatic carbocycles. The summed E-state index contributed by atoms with van der Waals surface area (Å²) < 4.78 is 6.47. The summed E-state index contributed by atoms with van der Waals surface area (Å²) in [6.07, 6.45) is 0. The number of oxazole rings is 1. The largest absolute Gasteiger partial charge is 0.419 e. The average molecular weight is 231 g/mol. The zero-order valence-electron chi connectivity index (χ0n) is 9.97. The predicted octanol–water partition coefficient (Wildman–Crippen LogP) is 1.26. The van der Waals surface area contributed by atoms with Crippen LogP contribution in [0.2, 0.25) is 0 Å². The highest BCUT2D eigenvalue weighted by molar-refractivity contribution is 5.74. The van der Waals surface area contributed by atoms with Gasteiger partial charge in [-0.1, -0.05) is 6.07 Å². The van der Waals surface area contributed by atoms with Crippen LogP contribution in [0.4, 0.5) is 0 Å². The third-order valence-corrected chi connectivity index (χ3v) is 2.77. The van der Waals surface area contributed by atoms with E-state index in [0.29, 0.717) is 11.1 Å². The van der Waals surface area contributed by atoms with Crippen LogP contribution in [0, 0.1) is 11.3 Å². The Kier molecular flexibility index (Phi) is 2.74. The van der Waals surface area contributed by atoms with E-state index in [1.54, 1.807) is 19.2 Å². The molecule has 0 amide bonds. The molecule has 0 saturated heterocycles. The van der Waals surface area contributed by atoms with Gasteiger partial charge in [-0.05, 0) is 31.8 Å². The third-order valence-electron chi connectivity index (χ3n) is 2.77. The first-order valence-electron chi connectivity index (χ1n) is 5.20. The molecule has 5 nitrogen and oxygen atoms in total. The summed E-state index contributed by atoms with van der Waals surface area (Å²) in [7, 11) is 5.33. The van der Waals surface area contributed by atoms with Crippen LogP contribution in [0.15, 0.2) is 27.4 Å². The maximum absolute atomic E-state index is 11.3. The van der Waals surface area contributed by atoms with Crippen LogP contribution in [-0.2, 0) is 7.05 Å². The van der Waals surface area contributed by atoms with Crippen molar-refractivity contribution in [3.63, 3.8) is 0 Å². The molecule has 1 aromatic heterocycles. The van der Waals surface area contributed by atoms with Gasteiger partial charge in [0.2, 0.25) is 0 Å². The standard InChI is InChI=1S/C12H13N3O2/c1-14(2)10(7-13)8-4-5-11-9(6-8)15(3)12(16)17-11/h4-6,10H,1-3H3. The van der Waals surface area contributed by atoms with Crippen LogP contribution in [0.5, 0.6) is 0 Å². The lowest BCUT2D eigenvalue weighted by molar-refractivity contribution is 0.358. The first-order chi connectivity index (χ1) is 8.04. The predicted molar refractivity (Wildman–Crippen MR) is 63.5 cm³/mol. The normalized spacial score (nSPS) is 12.9. The Morgan fingerprint density at radius 2 is 2.18 bits per heavy atom. The fourth-order valence-electron chi connectivity index (χ4n) is 1.80. The molecule has 0 N–H and O–H groups in total. The minimum atomic E-state index is -0.393. The number of fused-ring (bicyclic) bond motifs is 1. The lowest BCUT2D eigenvalue weighted by atomic mass is 10.1. The summed E-state index contributed by atoms with van der Waals surface area (Å²) >= 11 is 0. The summed E-state index contributed by atoms with van der Waals surface area (Å²) in [5, 5.41) is 9.11. The van der Waals surface area contributed by atoms with E-state index in [9.17, 15) is 4.79 Å². The number of aryl methyl sites for hydroxylation is 1. The molecule has 0 bridgehead atoms. The maximum Gasteiger partial charge on any atom is 0.419 e. The van der Waals surface area contributed by atoms with Crippen molar-refractivity contribution < 1.29 is 4.42 Å². The van der Waals surface area contributed by atoms with Gasteiger partial charge < -0.3 is 4.42 Å². The molecule has 1 atom stereocenters. The molecule has 0 spiro atoms. The van der Waals surface area contributed by atoms with Gasteiger partial charge in [0.25, 0.3) is 0 Å². The molecule has 1 heterocycles. The molecule has 1 aromatic carbocycles. The average Bonchev–Trinajstić information content (AvgIpc) is 2.56. The van der Waals surface area contributed by atoms with Gasteiger partial charge in [-0.15, -0.1) is 0 Å². The zero-order chi connectivity index (χ0) is 12.6. The second kappa shape index (κ2) is 4.07. The molecule has 5 heteroatoms. The summed E-state index contributed by atoms with van der Waals surface area (Å²) in [6, 6.07) is 7.23. The highest BCUT2D eigenvalue weighted by Crippen LogP contribution is 2.21. The van der Waals surface area contributed by atoms with Crippen molar-refractivity contribution in [2.75, 3.05) is 14.1 Å². The number of benzene rings is 1. The molecular weight excluding hydrogens is 218 g/mol. The van der Waals surface area contributed by atoms with Crippen molar-refractivity contribution in [2.45, 2.75) is 6.04 Å². The molecule has 0 saturated carbocycles. The third kappa shape index (κ3) is 1.83. The van der Waals surface area contributed by atoms with E-state index in [2.05, 4.69) is 6.07 Å². The Morgan fingerprint density at radius 3 is 2.76 bits per heavy atom. The topological polar surface area (TPSA) is 62.2 Å². The van der Waals surface area contributed by atoms with Crippen LogP contribution in [0.25, 0.3) is 11.1 Å². The van der Waals surface area contributed by atoms with Gasteiger partial charge in [-0.3, -0.25) is 9.47 Å². The molecule has 0 radical (unpaired) electrons. The van der Waals surface area contributed by atoms with Crippen molar-refractivity contribution in [3.8, 4) is 6.07 Å². The van der Waals surface area contributed by atoms with Crippen molar-refractivity contribution in [1.82, 2.24) is 9.47 Å². The zero-order valence-corrected chi connectivity index (χ0v) is 9.97. The number of hydrogen-bond donors (Lipinski definition) is 0. The number of rotatable bonds is 2. The Balaban J connectivity index is 2.62. The summed E-state index contributed by atoms with van der Waals surface area (Å²) in [6.45, 7) is 0. The molecule has 2 rings (SSSR count). The molecule has 88 valence electrons. The second-order valence-electron chi connectivity index (χ2n) is 4.15. The van der Waals surface area contributed by atoms with Gasteiger partial charge in [0.05, 0.1) is 11.6 Å². The van der Waals surface area contributed by atoms with E-state index in [4.69, 9.17) is 9.68 Å². The van der Waals surface area contributed by atoms with Crippen LogP contribution < -0.4 is 5.76 Å². The number of nitriles is 1. The van der Waals surface area contributed by atoms with E-state index >= 15 is 0 Å². The fourth-order valence-corrected chi connectivity index (χ4v) is 1.80. The SMILES string of the molecule is CN(C)C(C#N)c1ccc2oc(=O)n(C)c2c1. The summed E-state index contributed by atoms with van der Waals surface area (Å²) in [4.78, 5) is 13.2. The van der Waals surface area contributed by atoms with E-state index in [0.717, 1.165) is 5.56 Å². The van der Waals surface area contributed by atoms with E-state index < -0.39 is 5.76 Å². The smallest absolute Gasteiger partial charge is 0.408 e. The van der Waals surface area contributed by atoms with Crippen LogP contribution >= 0.6 is 0 Å². The molecule has 0 aliphatic heterocycles. The van der Waals surface area contributed by atoms with Gasteiger partial charge in [-0.2, -0.15) is 5.26 Å². The van der Waals surface area contributed by atoms with E-state index in [1.807, 2.05) is 25.1 Å².